The van der Waals surface area contributed by atoms with E-state index in [4.69, 9.17) is 4.74 Å². The summed E-state index contributed by atoms with van der Waals surface area (Å²) in [4.78, 5) is 0. The van der Waals surface area contributed by atoms with Gasteiger partial charge in [0.25, 0.3) is 0 Å². The van der Waals surface area contributed by atoms with E-state index in [0.29, 0.717) is 12.4 Å². The highest BCUT2D eigenvalue weighted by atomic mass is 127. The number of halogens is 4. The molecule has 0 aliphatic rings. The number of hydrogen-bond acceptors (Lipinski definition) is 2. The summed E-state index contributed by atoms with van der Waals surface area (Å²) in [5.74, 6) is 0.377. The van der Waals surface area contributed by atoms with E-state index in [1.807, 2.05) is 13.8 Å². The minimum Gasteiger partial charge on any atom is -0.506 e. The van der Waals surface area contributed by atoms with Crippen LogP contribution < -0.4 is 0 Å². The molecule has 0 aromatic heterocycles. The van der Waals surface area contributed by atoms with Gasteiger partial charge in [-0.15, -0.1) is 0 Å². The lowest BCUT2D eigenvalue weighted by atomic mass is 10.1. The Labute approximate surface area is 150 Å². The third-order valence-electron chi connectivity index (χ3n) is 2.10. The third-order valence-corrected chi connectivity index (χ3v) is 8.50. The lowest BCUT2D eigenvalue weighted by molar-refractivity contribution is 0.0751. The van der Waals surface area contributed by atoms with Crippen molar-refractivity contribution < 1.29 is 9.84 Å². The molecule has 0 bridgehead atoms. The molecule has 0 aliphatic heterocycles. The van der Waals surface area contributed by atoms with Gasteiger partial charge in [-0.1, -0.05) is 0 Å². The van der Waals surface area contributed by atoms with E-state index in [2.05, 4.69) is 90.4 Å². The van der Waals surface area contributed by atoms with Gasteiger partial charge in [-0.05, 0) is 104 Å². The third kappa shape index (κ3) is 3.26. The molecule has 0 saturated heterocycles. The minimum absolute atomic E-state index is 0.0615. The lowest BCUT2D eigenvalue weighted by Crippen LogP contribution is -2.07. The number of aromatic hydroxyl groups is 1. The van der Waals surface area contributed by atoms with Gasteiger partial charge in [-0.2, -0.15) is 0 Å². The molecule has 1 rings (SSSR count). The molecule has 90 valence electrons. The summed E-state index contributed by atoms with van der Waals surface area (Å²) in [7, 11) is 0. The van der Waals surface area contributed by atoms with E-state index >= 15 is 0 Å². The molecule has 6 heteroatoms. The van der Waals surface area contributed by atoms with Gasteiger partial charge in [-0.3, -0.25) is 0 Å². The first-order valence-electron chi connectivity index (χ1n) is 4.58. The Morgan fingerprint density at radius 3 is 1.88 bits per heavy atom. The number of ether oxygens (including phenoxy) is 1. The molecule has 1 N–H and O–H groups in total. The van der Waals surface area contributed by atoms with Crippen LogP contribution in [0.1, 0.15) is 25.5 Å². The van der Waals surface area contributed by atoms with E-state index < -0.39 is 0 Å². The first kappa shape index (κ1) is 16.0. The van der Waals surface area contributed by atoms with Crippen molar-refractivity contribution >= 4 is 90.4 Å². The maximum Gasteiger partial charge on any atom is 0.144 e. The average Bonchev–Trinajstić information content (AvgIpc) is 2.24. The average molecular weight is 670 g/mol. The molecule has 0 spiro atoms. The Balaban J connectivity index is 3.39. The molecule has 1 aromatic carbocycles. The van der Waals surface area contributed by atoms with Crippen LogP contribution in [0.15, 0.2) is 0 Å². The summed E-state index contributed by atoms with van der Waals surface area (Å²) in [6, 6.07) is 0. The molecule has 1 atom stereocenters. The molecule has 0 amide bonds. The van der Waals surface area contributed by atoms with E-state index in [1.165, 1.54) is 5.56 Å². The van der Waals surface area contributed by atoms with Gasteiger partial charge in [0.05, 0.1) is 13.2 Å². The number of phenols is 1. The molecule has 1 unspecified atom stereocenters. The Morgan fingerprint density at radius 2 is 1.50 bits per heavy atom. The summed E-state index contributed by atoms with van der Waals surface area (Å²) >= 11 is 8.90. The highest BCUT2D eigenvalue weighted by Gasteiger charge is 2.22. The molecule has 1 aromatic rings. The second-order valence-electron chi connectivity index (χ2n) is 3.12. The summed E-state index contributed by atoms with van der Waals surface area (Å²) in [6.07, 6.45) is 0.0615. The van der Waals surface area contributed by atoms with Crippen LogP contribution in [0.25, 0.3) is 0 Å². The molecular formula is C10H10I4O2. The molecule has 0 fully saturated rings. The Morgan fingerprint density at radius 1 is 1.06 bits per heavy atom. The normalized spacial score (nSPS) is 12.9. The van der Waals surface area contributed by atoms with Crippen molar-refractivity contribution in [1.82, 2.24) is 0 Å². The predicted octanol–water partition coefficient (Wildman–Crippen LogP) is 4.91. The summed E-state index contributed by atoms with van der Waals surface area (Å²) in [5.41, 5.74) is 1.18. The quantitative estimate of drug-likeness (QED) is 0.367. The summed E-state index contributed by atoms with van der Waals surface area (Å²) in [6.45, 7) is 4.74. The topological polar surface area (TPSA) is 29.5 Å². The number of hydrogen-bond donors (Lipinski definition) is 1. The molecule has 2 nitrogen and oxygen atoms in total. The smallest absolute Gasteiger partial charge is 0.144 e. The number of benzene rings is 1. The maximum atomic E-state index is 9.94. The fourth-order valence-corrected chi connectivity index (χ4v) is 5.41. The highest BCUT2D eigenvalue weighted by molar-refractivity contribution is 14.1. The van der Waals surface area contributed by atoms with Crippen LogP contribution in [0.5, 0.6) is 5.75 Å². The molecule has 0 heterocycles. The van der Waals surface area contributed by atoms with E-state index in [1.54, 1.807) is 0 Å². The van der Waals surface area contributed by atoms with Crippen LogP contribution in [0.4, 0.5) is 0 Å². The standard InChI is InChI=1S/C10H10I4O2/c1-3-16-4(2)5-6(11)8(13)10(15)9(14)7(5)12/h4,15H,3H2,1-2H3. The van der Waals surface area contributed by atoms with Crippen LogP contribution in [-0.2, 0) is 4.74 Å². The van der Waals surface area contributed by atoms with Crippen LogP contribution in [0.2, 0.25) is 0 Å². The van der Waals surface area contributed by atoms with Gasteiger partial charge in [0.1, 0.15) is 5.75 Å². The molecule has 0 aliphatic carbocycles. The van der Waals surface area contributed by atoms with Crippen molar-refractivity contribution in [2.45, 2.75) is 20.0 Å². The van der Waals surface area contributed by atoms with Crippen LogP contribution in [0, 0.1) is 14.3 Å². The Hall–Kier alpha value is 1.90. The molecule has 0 radical (unpaired) electrons. The van der Waals surface area contributed by atoms with E-state index in [0.717, 1.165) is 14.3 Å². The van der Waals surface area contributed by atoms with Gasteiger partial charge < -0.3 is 9.84 Å². The zero-order valence-corrected chi connectivity index (χ0v) is 17.3. The van der Waals surface area contributed by atoms with Crippen LogP contribution in [-0.4, -0.2) is 11.7 Å². The highest BCUT2D eigenvalue weighted by Crippen LogP contribution is 2.40. The number of phenolic OH excluding ortho intramolecular Hbond substituents is 1. The zero-order valence-electron chi connectivity index (χ0n) is 8.65. The Bertz CT molecular complexity index is 377. The van der Waals surface area contributed by atoms with Crippen molar-refractivity contribution in [1.29, 1.82) is 0 Å². The van der Waals surface area contributed by atoms with E-state index in [-0.39, 0.29) is 6.10 Å². The van der Waals surface area contributed by atoms with Crippen molar-refractivity contribution in [2.75, 3.05) is 6.61 Å². The summed E-state index contributed by atoms with van der Waals surface area (Å²) < 4.78 is 9.62. The molecular weight excluding hydrogens is 660 g/mol. The van der Waals surface area contributed by atoms with Crippen molar-refractivity contribution in [3.8, 4) is 5.75 Å². The van der Waals surface area contributed by atoms with Crippen LogP contribution >= 0.6 is 90.4 Å². The second-order valence-corrected chi connectivity index (χ2v) is 7.43. The van der Waals surface area contributed by atoms with Gasteiger partial charge in [0, 0.05) is 19.3 Å². The van der Waals surface area contributed by atoms with Gasteiger partial charge >= 0.3 is 0 Å². The first-order chi connectivity index (χ1) is 7.41. The first-order valence-corrected chi connectivity index (χ1v) is 8.89. The van der Waals surface area contributed by atoms with Gasteiger partial charge in [0.2, 0.25) is 0 Å². The largest absolute Gasteiger partial charge is 0.506 e. The van der Waals surface area contributed by atoms with Crippen molar-refractivity contribution in [3.63, 3.8) is 0 Å². The van der Waals surface area contributed by atoms with Crippen molar-refractivity contribution in [3.05, 3.63) is 19.8 Å². The van der Waals surface area contributed by atoms with Gasteiger partial charge in [-0.25, -0.2) is 0 Å². The zero-order chi connectivity index (χ0) is 12.5. The minimum atomic E-state index is 0.0615. The lowest BCUT2D eigenvalue weighted by Gasteiger charge is -2.19. The van der Waals surface area contributed by atoms with Crippen molar-refractivity contribution in [2.24, 2.45) is 0 Å². The second kappa shape index (κ2) is 6.89. The fourth-order valence-electron chi connectivity index (χ4n) is 1.33. The SMILES string of the molecule is CCOC(C)c1c(I)c(I)c(O)c(I)c1I. The summed E-state index contributed by atoms with van der Waals surface area (Å²) in [5, 5.41) is 9.94. The van der Waals surface area contributed by atoms with E-state index in [9.17, 15) is 5.11 Å². The van der Waals surface area contributed by atoms with Gasteiger partial charge in [0.15, 0.2) is 0 Å². The maximum absolute atomic E-state index is 9.94. The fraction of sp³-hybridized carbons (Fsp3) is 0.400. The predicted molar refractivity (Wildman–Crippen MR) is 99.0 cm³/mol. The Kier molecular flexibility index (Phi) is 6.87. The number of rotatable bonds is 3. The molecule has 0 saturated carbocycles. The monoisotopic (exact) mass is 670 g/mol. The molecule has 16 heavy (non-hydrogen) atoms. The van der Waals surface area contributed by atoms with Crippen LogP contribution in [0.3, 0.4) is 0 Å².